The molecule has 5 heteroatoms. The fraction of sp³-hybridized carbons (Fsp3) is 0.154. The molecule has 3 nitrogen and oxygen atoms in total. The molecular weight excluding hydrogens is 314 g/mol. The molecule has 0 unspecified atom stereocenters. The first kappa shape index (κ1) is 13.2. The van der Waals surface area contributed by atoms with E-state index in [-0.39, 0.29) is 10.8 Å². The van der Waals surface area contributed by atoms with Gasteiger partial charge in [-0.15, -0.1) is 0 Å². The van der Waals surface area contributed by atoms with Gasteiger partial charge in [0.25, 0.3) is 0 Å². The lowest BCUT2D eigenvalue weighted by Gasteiger charge is -2.04. The quantitative estimate of drug-likeness (QED) is 0.871. The average Bonchev–Trinajstić information content (AvgIpc) is 2.32. The summed E-state index contributed by atoms with van der Waals surface area (Å²) in [5.41, 5.74) is 1.88. The van der Waals surface area contributed by atoms with Gasteiger partial charge >= 0.3 is 0 Å². The zero-order chi connectivity index (χ0) is 13.2. The minimum Gasteiger partial charge on any atom is -0.244 e. The van der Waals surface area contributed by atoms with E-state index in [1.807, 2.05) is 31.2 Å². The van der Waals surface area contributed by atoms with E-state index < -0.39 is 9.84 Å². The second kappa shape index (κ2) is 5.20. The van der Waals surface area contributed by atoms with Gasteiger partial charge in [-0.1, -0.05) is 29.8 Å². The Morgan fingerprint density at radius 3 is 2.33 bits per heavy atom. The van der Waals surface area contributed by atoms with Crippen molar-refractivity contribution >= 4 is 25.8 Å². The highest BCUT2D eigenvalue weighted by Crippen LogP contribution is 2.16. The summed E-state index contributed by atoms with van der Waals surface area (Å²) in [6.07, 6.45) is 1.49. The Balaban J connectivity index is 2.27. The van der Waals surface area contributed by atoms with E-state index in [2.05, 4.69) is 20.9 Å². The maximum Gasteiger partial charge on any atom is 0.199 e. The van der Waals surface area contributed by atoms with Gasteiger partial charge in [0.1, 0.15) is 0 Å². The van der Waals surface area contributed by atoms with Crippen molar-refractivity contribution in [3.05, 3.63) is 58.2 Å². The molecular formula is C13H12BrNO2S. The van der Waals surface area contributed by atoms with Gasteiger partial charge in [-0.05, 0) is 40.5 Å². The van der Waals surface area contributed by atoms with E-state index in [9.17, 15) is 8.42 Å². The van der Waals surface area contributed by atoms with Crippen LogP contribution in [0.4, 0.5) is 0 Å². The zero-order valence-electron chi connectivity index (χ0n) is 9.80. The number of rotatable bonds is 3. The van der Waals surface area contributed by atoms with Gasteiger partial charge < -0.3 is 0 Å². The third-order valence-corrected chi connectivity index (χ3v) is 4.56. The molecule has 2 aromatic rings. The van der Waals surface area contributed by atoms with Crippen LogP contribution >= 0.6 is 15.9 Å². The first-order chi connectivity index (χ1) is 8.47. The standard InChI is InChI=1S/C13H12BrNO2S/c1-10-2-4-11(5-3-10)9-18(16,17)13-7-6-12(14)8-15-13/h2-8H,9H2,1H3. The molecule has 0 spiro atoms. The van der Waals surface area contributed by atoms with Gasteiger partial charge in [0.05, 0.1) is 5.75 Å². The fourth-order valence-electron chi connectivity index (χ4n) is 1.52. The van der Waals surface area contributed by atoms with Crippen molar-refractivity contribution in [3.8, 4) is 0 Å². The average molecular weight is 326 g/mol. The predicted molar refractivity (Wildman–Crippen MR) is 74.0 cm³/mol. The lowest BCUT2D eigenvalue weighted by Crippen LogP contribution is -2.06. The second-order valence-corrected chi connectivity index (χ2v) is 6.91. The van der Waals surface area contributed by atoms with Crippen LogP contribution in [0.15, 0.2) is 52.1 Å². The minimum absolute atomic E-state index is 0.0259. The molecule has 0 atom stereocenters. The predicted octanol–water partition coefficient (Wildman–Crippen LogP) is 3.13. The number of halogens is 1. The third kappa shape index (κ3) is 3.17. The highest BCUT2D eigenvalue weighted by molar-refractivity contribution is 9.10. The minimum atomic E-state index is -3.37. The van der Waals surface area contributed by atoms with Crippen molar-refractivity contribution in [3.63, 3.8) is 0 Å². The van der Waals surface area contributed by atoms with Gasteiger partial charge in [0.2, 0.25) is 0 Å². The molecule has 0 bridgehead atoms. The molecule has 18 heavy (non-hydrogen) atoms. The van der Waals surface area contributed by atoms with Crippen LogP contribution < -0.4 is 0 Å². The first-order valence-electron chi connectivity index (χ1n) is 5.37. The molecule has 0 aliphatic rings. The van der Waals surface area contributed by atoms with Crippen LogP contribution in [-0.4, -0.2) is 13.4 Å². The number of hydrogen-bond acceptors (Lipinski definition) is 3. The number of aryl methyl sites for hydroxylation is 1. The van der Waals surface area contributed by atoms with Crippen LogP contribution in [-0.2, 0) is 15.6 Å². The maximum absolute atomic E-state index is 12.1. The van der Waals surface area contributed by atoms with Crippen molar-refractivity contribution in [2.24, 2.45) is 0 Å². The lowest BCUT2D eigenvalue weighted by molar-refractivity contribution is 0.591. The van der Waals surface area contributed by atoms with Crippen LogP contribution in [0, 0.1) is 6.92 Å². The second-order valence-electron chi connectivity index (χ2n) is 4.06. The summed E-state index contributed by atoms with van der Waals surface area (Å²) >= 11 is 3.23. The monoisotopic (exact) mass is 325 g/mol. The molecule has 0 fully saturated rings. The molecule has 1 heterocycles. The van der Waals surface area contributed by atoms with Crippen molar-refractivity contribution in [1.82, 2.24) is 4.98 Å². The Kier molecular flexibility index (Phi) is 3.82. The maximum atomic E-state index is 12.1. The number of sulfone groups is 1. The van der Waals surface area contributed by atoms with Gasteiger partial charge in [0, 0.05) is 10.7 Å². The van der Waals surface area contributed by atoms with Crippen LogP contribution in [0.1, 0.15) is 11.1 Å². The highest BCUT2D eigenvalue weighted by atomic mass is 79.9. The van der Waals surface area contributed by atoms with Crippen molar-refractivity contribution < 1.29 is 8.42 Å². The van der Waals surface area contributed by atoms with E-state index >= 15 is 0 Å². The van der Waals surface area contributed by atoms with Crippen molar-refractivity contribution in [2.75, 3.05) is 0 Å². The number of pyridine rings is 1. The molecule has 0 saturated carbocycles. The Labute approximate surface area is 115 Å². The van der Waals surface area contributed by atoms with Crippen LogP contribution in [0.5, 0.6) is 0 Å². The summed E-state index contributed by atoms with van der Waals surface area (Å²) in [7, 11) is -3.37. The molecule has 1 aromatic carbocycles. The molecule has 94 valence electrons. The highest BCUT2D eigenvalue weighted by Gasteiger charge is 2.16. The van der Waals surface area contributed by atoms with Gasteiger partial charge in [-0.3, -0.25) is 0 Å². The van der Waals surface area contributed by atoms with Crippen molar-refractivity contribution in [2.45, 2.75) is 17.7 Å². The van der Waals surface area contributed by atoms with E-state index in [1.165, 1.54) is 12.3 Å². The largest absolute Gasteiger partial charge is 0.244 e. The topological polar surface area (TPSA) is 47.0 Å². The first-order valence-corrected chi connectivity index (χ1v) is 7.82. The van der Waals surface area contributed by atoms with Gasteiger partial charge in [-0.2, -0.15) is 0 Å². The Morgan fingerprint density at radius 1 is 1.11 bits per heavy atom. The molecule has 1 aromatic heterocycles. The van der Waals surface area contributed by atoms with Gasteiger partial charge in [0.15, 0.2) is 14.9 Å². The lowest BCUT2D eigenvalue weighted by atomic mass is 10.2. The Bertz CT molecular complexity index is 634. The Hall–Kier alpha value is -1.20. The molecule has 2 rings (SSSR count). The van der Waals surface area contributed by atoms with E-state index in [0.29, 0.717) is 0 Å². The summed E-state index contributed by atoms with van der Waals surface area (Å²) in [5.74, 6) is -0.0259. The zero-order valence-corrected chi connectivity index (χ0v) is 12.2. The summed E-state index contributed by atoms with van der Waals surface area (Å²) in [6.45, 7) is 1.97. The molecule has 0 N–H and O–H groups in total. The fourth-order valence-corrected chi connectivity index (χ4v) is 3.03. The molecule has 0 amide bonds. The van der Waals surface area contributed by atoms with Crippen LogP contribution in [0.25, 0.3) is 0 Å². The number of hydrogen-bond donors (Lipinski definition) is 0. The van der Waals surface area contributed by atoms with Crippen LogP contribution in [0.2, 0.25) is 0 Å². The Morgan fingerprint density at radius 2 is 1.78 bits per heavy atom. The van der Waals surface area contributed by atoms with E-state index in [4.69, 9.17) is 0 Å². The molecule has 0 saturated heterocycles. The number of benzene rings is 1. The summed E-state index contributed by atoms with van der Waals surface area (Å²) in [4.78, 5) is 3.93. The van der Waals surface area contributed by atoms with E-state index in [1.54, 1.807) is 6.07 Å². The molecule has 0 aliphatic carbocycles. The molecule has 0 aliphatic heterocycles. The summed E-state index contributed by atoms with van der Waals surface area (Å²) in [5, 5.41) is 0.103. The normalized spacial score (nSPS) is 11.4. The van der Waals surface area contributed by atoms with E-state index in [0.717, 1.165) is 15.6 Å². The summed E-state index contributed by atoms with van der Waals surface area (Å²) < 4.78 is 25.0. The number of nitrogens with zero attached hydrogens (tertiary/aromatic N) is 1. The van der Waals surface area contributed by atoms with Gasteiger partial charge in [-0.25, -0.2) is 13.4 Å². The smallest absolute Gasteiger partial charge is 0.199 e. The number of aromatic nitrogens is 1. The molecule has 0 radical (unpaired) electrons. The summed E-state index contributed by atoms with van der Waals surface area (Å²) in [6, 6.07) is 10.6. The third-order valence-electron chi connectivity index (χ3n) is 2.50. The SMILES string of the molecule is Cc1ccc(CS(=O)(=O)c2ccc(Br)cn2)cc1. The van der Waals surface area contributed by atoms with Crippen molar-refractivity contribution in [1.29, 1.82) is 0 Å². The van der Waals surface area contributed by atoms with Crippen LogP contribution in [0.3, 0.4) is 0 Å².